The molecule has 0 saturated heterocycles. The number of hydrogen-bond acceptors (Lipinski definition) is 24. The smallest absolute Gasteiger partial charge is 0.326 e. The first-order valence-electron chi connectivity index (χ1n) is 42.8. The van der Waals surface area contributed by atoms with Gasteiger partial charge in [0.2, 0.25) is 82.7 Å². The standard InChI is InChI=1S/C83H130N28O19S/c1-43(2)31-57(106-77(126)62(37-64(113)114)109-74(123)58(32-44(3)4)105-70(119)53(23-16-27-93-81(85)86)100-68(117)52(84)35-50-38-91-41-96-50)73(122)101-54(24-17-28-94-82(87)88)69(118)102-55(26-30-131-9)71(120)111-65(45(5)6)79(128)99-47(8)67(116)110-63(40-112)78(127)107-59(33-48-19-12-10-13-20-48)72(121)98-46(7)66(115)104-60(34-49-21-14-11-15-22-49)75(124)108-61(36-51-39-92-42-97-51)76(125)103-56(80(129)130)25-18-29-95-83(89)90/h10-15,19-22,38-39,41-47,52-63,65,112H,16-18,23-37,40,84H2,1-9H3,(H,91,96)(H,92,97)(H,98,121)(H,99,128)(H,100,117)(H,101,122)(H,102,118)(H,103,125)(H,104,115)(H,105,119)(H,106,126)(H,107,127)(H,108,124)(H,109,123)(H,110,116)(H,111,120)(H,113,114)(H,129,130)(H4,85,86,93)(H4,87,88,94)(H4,89,90,95)/t46-,47-,52-,53-,54-,55-,56-,57-,58-,59-,60-,61-,62-,63-,65-/m0/s1. The predicted octanol–water partition coefficient (Wildman–Crippen LogP) is -5.60. The van der Waals surface area contributed by atoms with Crippen molar-refractivity contribution in [1.29, 1.82) is 16.2 Å². The molecule has 2 aromatic carbocycles. The van der Waals surface area contributed by atoms with Gasteiger partial charge in [0.1, 0.15) is 84.6 Å². The van der Waals surface area contributed by atoms with Gasteiger partial charge in [-0.25, -0.2) is 14.8 Å². The summed E-state index contributed by atoms with van der Waals surface area (Å²) in [6, 6.07) is -5.80. The molecule has 722 valence electrons. The van der Waals surface area contributed by atoms with Gasteiger partial charge in [-0.1, -0.05) is 102 Å². The Labute approximate surface area is 762 Å². The molecule has 0 fully saturated rings. The number of aliphatic hydroxyl groups excluding tert-OH is 1. The molecule has 0 bridgehead atoms. The molecule has 0 saturated carbocycles. The van der Waals surface area contributed by atoms with Crippen molar-refractivity contribution in [2.45, 2.75) is 236 Å². The van der Waals surface area contributed by atoms with Gasteiger partial charge < -0.3 is 139 Å². The monoisotopic (exact) mass is 1850 g/mol. The molecule has 15 atom stereocenters. The van der Waals surface area contributed by atoms with Crippen LogP contribution in [0.1, 0.15) is 142 Å². The number of aromatic amines is 2. The summed E-state index contributed by atoms with van der Waals surface area (Å²) in [6.45, 7) is 11.6. The summed E-state index contributed by atoms with van der Waals surface area (Å²) < 4.78 is 0. The van der Waals surface area contributed by atoms with Gasteiger partial charge in [-0.2, -0.15) is 11.8 Å². The van der Waals surface area contributed by atoms with E-state index in [9.17, 15) is 92.0 Å². The molecule has 4 aromatic rings. The zero-order chi connectivity index (χ0) is 97.6. The van der Waals surface area contributed by atoms with Crippen molar-refractivity contribution in [1.82, 2.24) is 110 Å². The van der Waals surface area contributed by atoms with Crippen molar-refractivity contribution in [3.8, 4) is 0 Å². The summed E-state index contributed by atoms with van der Waals surface area (Å²) in [5.74, 6) is -18.7. The minimum Gasteiger partial charge on any atom is -0.481 e. The molecule has 2 aromatic heterocycles. The fourth-order valence-corrected chi connectivity index (χ4v) is 13.6. The minimum atomic E-state index is -1.90. The molecular weight excluding hydrogens is 1730 g/mol. The fraction of sp³-hybridized carbons (Fsp3) is 0.554. The van der Waals surface area contributed by atoms with Crippen LogP contribution in [0.4, 0.5) is 0 Å². The second-order valence-electron chi connectivity index (χ2n) is 32.5. The molecule has 14 amide bonds. The number of imidazole rings is 2. The van der Waals surface area contributed by atoms with Crippen LogP contribution in [0.3, 0.4) is 0 Å². The highest BCUT2D eigenvalue weighted by molar-refractivity contribution is 7.98. The summed E-state index contributed by atoms with van der Waals surface area (Å²) in [5.41, 5.74) is 24.5. The van der Waals surface area contributed by atoms with Crippen molar-refractivity contribution in [3.63, 3.8) is 0 Å². The van der Waals surface area contributed by atoms with E-state index in [1.54, 1.807) is 108 Å². The number of carboxylic acids is 2. The van der Waals surface area contributed by atoms with E-state index in [1.165, 1.54) is 50.7 Å². The topological polar surface area (TPSA) is 771 Å². The molecule has 0 unspecified atom stereocenters. The number of aromatic nitrogens is 4. The maximum atomic E-state index is 14.7. The zero-order valence-corrected chi connectivity index (χ0v) is 75.7. The van der Waals surface area contributed by atoms with Gasteiger partial charge in [-0.3, -0.25) is 88.1 Å². The lowest BCUT2D eigenvalue weighted by atomic mass is 10.00. The molecule has 2 heterocycles. The average molecular weight is 1860 g/mol. The number of hydrogen-bond donors (Lipinski definition) is 29. The van der Waals surface area contributed by atoms with Crippen LogP contribution in [0.25, 0.3) is 0 Å². The first-order valence-corrected chi connectivity index (χ1v) is 44.2. The van der Waals surface area contributed by atoms with Crippen LogP contribution in [0.5, 0.6) is 0 Å². The number of nitrogens with zero attached hydrogens (tertiary/aromatic N) is 2. The molecule has 0 aliphatic rings. The number of carboxylic acid groups (broad SMARTS) is 2. The molecule has 131 heavy (non-hydrogen) atoms. The van der Waals surface area contributed by atoms with Crippen molar-refractivity contribution >= 4 is 124 Å². The highest BCUT2D eigenvalue weighted by Gasteiger charge is 2.39. The third-order valence-electron chi connectivity index (χ3n) is 20.1. The number of thioether (sulfide) groups is 1. The van der Waals surface area contributed by atoms with E-state index in [2.05, 4.69) is 110 Å². The van der Waals surface area contributed by atoms with E-state index < -0.39 is 210 Å². The van der Waals surface area contributed by atoms with Crippen molar-refractivity contribution in [2.24, 2.45) is 40.7 Å². The van der Waals surface area contributed by atoms with Gasteiger partial charge in [-0.15, -0.1) is 0 Å². The van der Waals surface area contributed by atoms with Crippen LogP contribution >= 0.6 is 11.8 Å². The lowest BCUT2D eigenvalue weighted by molar-refractivity contribution is -0.142. The van der Waals surface area contributed by atoms with Gasteiger partial charge >= 0.3 is 11.9 Å². The van der Waals surface area contributed by atoms with Crippen LogP contribution in [-0.4, -0.2) is 277 Å². The lowest BCUT2D eigenvalue weighted by Crippen LogP contribution is -2.61. The highest BCUT2D eigenvalue weighted by atomic mass is 32.2. The molecule has 0 aliphatic carbocycles. The average Bonchev–Trinajstić information content (AvgIpc) is 1.54. The van der Waals surface area contributed by atoms with Gasteiger partial charge in [0.25, 0.3) is 0 Å². The first kappa shape index (κ1) is 110. The second-order valence-corrected chi connectivity index (χ2v) is 33.5. The van der Waals surface area contributed by atoms with Crippen molar-refractivity contribution in [3.05, 3.63) is 108 Å². The molecule has 0 spiro atoms. The molecule has 33 N–H and O–H groups in total. The van der Waals surface area contributed by atoms with Gasteiger partial charge in [-0.05, 0) is 113 Å². The number of nitrogens with two attached hydrogens (primary N) is 4. The normalized spacial score (nSPS) is 14.5. The summed E-state index contributed by atoms with van der Waals surface area (Å²) in [5, 5.41) is 96.8. The number of rotatable bonds is 60. The van der Waals surface area contributed by atoms with E-state index in [1.807, 2.05) is 0 Å². The number of carbonyl (C=O) groups is 16. The summed E-state index contributed by atoms with van der Waals surface area (Å²) in [4.78, 5) is 238. The summed E-state index contributed by atoms with van der Waals surface area (Å²) >= 11 is 1.28. The third kappa shape index (κ3) is 41.6. The number of nitrogens with one attached hydrogen (secondary N) is 22. The Balaban J connectivity index is 1.52. The molecule has 4 rings (SSSR count). The molecule has 48 heteroatoms. The van der Waals surface area contributed by atoms with Crippen LogP contribution < -0.4 is 113 Å². The van der Waals surface area contributed by atoms with Gasteiger partial charge in [0.05, 0.1) is 31.7 Å². The van der Waals surface area contributed by atoms with Crippen LogP contribution in [0, 0.1) is 34.0 Å². The quantitative estimate of drug-likeness (QED) is 0.0111. The molecule has 0 aliphatic heterocycles. The van der Waals surface area contributed by atoms with Crippen molar-refractivity contribution in [2.75, 3.05) is 38.2 Å². The first-order chi connectivity index (χ1) is 62.0. The Morgan fingerprint density at radius 3 is 1.11 bits per heavy atom. The maximum absolute atomic E-state index is 14.7. The Hall–Kier alpha value is -13.5. The lowest BCUT2D eigenvalue weighted by Gasteiger charge is -2.29. The molecular formula is C83H130N28O19S. The Bertz CT molecular complexity index is 4440. The maximum Gasteiger partial charge on any atom is 0.326 e. The number of aliphatic hydroxyl groups is 1. The van der Waals surface area contributed by atoms with E-state index in [4.69, 9.17) is 39.2 Å². The number of benzene rings is 2. The number of amides is 14. The van der Waals surface area contributed by atoms with E-state index in [0.29, 0.717) is 22.5 Å². The largest absolute Gasteiger partial charge is 0.481 e. The highest BCUT2D eigenvalue weighted by Crippen LogP contribution is 2.16. The number of H-pyrrole nitrogens is 2. The number of carbonyl (C=O) groups excluding carboxylic acids is 14. The number of guanidine groups is 3. The zero-order valence-electron chi connectivity index (χ0n) is 74.9. The van der Waals surface area contributed by atoms with Crippen LogP contribution in [0.15, 0.2) is 85.7 Å². The SMILES string of the molecule is CSCC[C@H](NC(=O)[C@H](CCCNC(=N)N)NC(=O)[C@H](CC(C)C)NC(=O)[C@H](CC(=O)O)NC(=O)[C@H](CC(C)C)NC(=O)[C@H](CCCNC(=N)N)NC(=O)[C@@H](N)Cc1cnc[nH]1)C(=O)N[C@H](C(=O)N[C@@H](C)C(=O)N[C@@H](CO)C(=O)N[C@@H](Cc1ccccc1)C(=O)N[C@@H](C)C(=O)N[C@@H](Cc1ccccc1)C(=O)N[C@@H](Cc1cnc[nH]1)C(=O)N[C@@H](CCCNC(=N)N)C(=O)O)C(C)C. The Morgan fingerprint density at radius 2 is 0.718 bits per heavy atom. The minimum absolute atomic E-state index is 0.00360. The fourth-order valence-electron chi connectivity index (χ4n) is 13.1. The molecule has 47 nitrogen and oxygen atoms in total. The number of aliphatic carboxylic acids is 2. The Morgan fingerprint density at radius 1 is 0.389 bits per heavy atom. The second kappa shape index (κ2) is 57.4. The van der Waals surface area contributed by atoms with E-state index >= 15 is 0 Å². The van der Waals surface area contributed by atoms with Gasteiger partial charge in [0, 0.05) is 69.1 Å². The van der Waals surface area contributed by atoms with E-state index in [0.717, 1.165) is 0 Å². The van der Waals surface area contributed by atoms with Crippen molar-refractivity contribution < 1.29 is 92.0 Å². The Kier molecular flexibility index (Phi) is 48.1. The van der Waals surface area contributed by atoms with E-state index in [-0.39, 0.29) is 133 Å². The van der Waals surface area contributed by atoms with Crippen LogP contribution in [0.2, 0.25) is 0 Å². The summed E-state index contributed by atoms with van der Waals surface area (Å²) in [7, 11) is 0. The summed E-state index contributed by atoms with van der Waals surface area (Å²) in [6.07, 6.45) is 5.40. The van der Waals surface area contributed by atoms with Gasteiger partial charge in [0.15, 0.2) is 17.9 Å². The van der Waals surface area contributed by atoms with Crippen LogP contribution in [-0.2, 0) is 102 Å². The molecule has 0 radical (unpaired) electrons. The third-order valence-corrected chi connectivity index (χ3v) is 20.8. The predicted molar refractivity (Wildman–Crippen MR) is 482 cm³/mol.